The van der Waals surface area contributed by atoms with Crippen molar-refractivity contribution >= 4 is 34.0 Å². The normalized spacial score (nSPS) is 9.95. The van der Waals surface area contributed by atoms with E-state index in [4.69, 9.17) is 0 Å². The summed E-state index contributed by atoms with van der Waals surface area (Å²) < 4.78 is 0. The largest absolute Gasteiger partial charge is 0.280 e. The molecule has 2 aliphatic heterocycles. The molecule has 6 heteroatoms. The average Bonchev–Trinajstić information content (AvgIpc) is 2.83. The standard InChI is InChI=1S/C13H8N2O2.2BrH/c1-7-2-4-8(5-3-7)11-10-9(12(16)15-11)6-14-13(10)17;;/h2-6H,1H3;2*1H. The van der Waals surface area contributed by atoms with Crippen LogP contribution >= 0.6 is 34.0 Å². The summed E-state index contributed by atoms with van der Waals surface area (Å²) in [6, 6.07) is 7.54. The Kier molecular flexibility index (Phi) is 4.70. The van der Waals surface area contributed by atoms with Crippen molar-refractivity contribution < 1.29 is 0 Å². The van der Waals surface area contributed by atoms with Crippen LogP contribution in [0.1, 0.15) is 5.56 Å². The summed E-state index contributed by atoms with van der Waals surface area (Å²) in [5, 5.41) is 0.643. The van der Waals surface area contributed by atoms with E-state index < -0.39 is 0 Å². The Morgan fingerprint density at radius 2 is 1.58 bits per heavy atom. The fourth-order valence-corrected chi connectivity index (χ4v) is 1.90. The van der Waals surface area contributed by atoms with Gasteiger partial charge in [0.15, 0.2) is 0 Å². The van der Waals surface area contributed by atoms with Gasteiger partial charge in [0.05, 0.1) is 16.1 Å². The number of hydrogen-bond acceptors (Lipinski definition) is 4. The van der Waals surface area contributed by atoms with Crippen molar-refractivity contribution in [3.05, 3.63) is 67.2 Å². The molecule has 0 N–H and O–H groups in total. The molecule has 98 valence electrons. The molecule has 2 aliphatic rings. The zero-order valence-electron chi connectivity index (χ0n) is 9.91. The van der Waals surface area contributed by atoms with Gasteiger partial charge in [-0.05, 0) is 6.92 Å². The second kappa shape index (κ2) is 5.71. The van der Waals surface area contributed by atoms with E-state index in [-0.39, 0.29) is 45.1 Å². The van der Waals surface area contributed by atoms with E-state index >= 15 is 0 Å². The molecule has 0 atom stereocenters. The lowest BCUT2D eigenvalue weighted by Crippen LogP contribution is -2.01. The smallest absolute Gasteiger partial charge is 0.267 e. The molecule has 0 amide bonds. The van der Waals surface area contributed by atoms with Crippen molar-refractivity contribution in [3.8, 4) is 11.3 Å². The summed E-state index contributed by atoms with van der Waals surface area (Å²) in [5.74, 6) is 0. The minimum atomic E-state index is -0.384. The van der Waals surface area contributed by atoms with Crippen LogP contribution in [0.15, 0.2) is 40.1 Å². The molecule has 0 saturated heterocycles. The lowest BCUT2D eigenvalue weighted by molar-refractivity contribution is 1.23. The number of aryl methyl sites for hydroxylation is 1. The second-order valence-electron chi connectivity index (χ2n) is 3.98. The van der Waals surface area contributed by atoms with Crippen LogP contribution in [-0.4, -0.2) is 9.97 Å². The molecule has 2 heterocycles. The van der Waals surface area contributed by atoms with Crippen molar-refractivity contribution in [2.45, 2.75) is 6.92 Å². The third-order valence-corrected chi connectivity index (χ3v) is 2.80. The molecule has 0 aliphatic carbocycles. The number of nitrogens with zero attached hydrogens (tertiary/aromatic N) is 2. The molecule has 19 heavy (non-hydrogen) atoms. The molecule has 1 aromatic rings. The first-order chi connectivity index (χ1) is 8.16. The third-order valence-electron chi connectivity index (χ3n) is 2.80. The van der Waals surface area contributed by atoms with E-state index in [1.807, 2.05) is 31.2 Å². The molecule has 0 saturated carbocycles. The zero-order chi connectivity index (χ0) is 12.0. The summed E-state index contributed by atoms with van der Waals surface area (Å²) in [4.78, 5) is 30.7. The lowest BCUT2D eigenvalue weighted by Gasteiger charge is -1.96. The van der Waals surface area contributed by atoms with Gasteiger partial charge in [-0.2, -0.15) is 0 Å². The summed E-state index contributed by atoms with van der Waals surface area (Å²) in [6.07, 6.45) is 1.30. The summed E-state index contributed by atoms with van der Waals surface area (Å²) in [7, 11) is 0. The van der Waals surface area contributed by atoms with Gasteiger partial charge in [-0.15, -0.1) is 34.0 Å². The molecule has 4 nitrogen and oxygen atoms in total. The van der Waals surface area contributed by atoms with Gasteiger partial charge in [-0.3, -0.25) is 9.59 Å². The Morgan fingerprint density at radius 1 is 0.947 bits per heavy atom. The van der Waals surface area contributed by atoms with Gasteiger partial charge in [0.25, 0.3) is 11.1 Å². The minimum Gasteiger partial charge on any atom is -0.267 e. The van der Waals surface area contributed by atoms with E-state index in [1.165, 1.54) is 6.20 Å². The SMILES string of the molecule is Br.Br.Cc1ccc(-c2nc(=O)c3cnc(=O)c2=3)cc1. The van der Waals surface area contributed by atoms with Gasteiger partial charge < -0.3 is 0 Å². The van der Waals surface area contributed by atoms with Crippen molar-refractivity contribution in [1.29, 1.82) is 0 Å². The predicted molar refractivity (Wildman–Crippen MR) is 83.1 cm³/mol. The van der Waals surface area contributed by atoms with Gasteiger partial charge in [-0.1, -0.05) is 29.8 Å². The maximum atomic E-state index is 11.6. The average molecular weight is 386 g/mol. The minimum absolute atomic E-state index is 0. The Morgan fingerprint density at radius 3 is 2.21 bits per heavy atom. The molecule has 0 radical (unpaired) electrons. The van der Waals surface area contributed by atoms with Crippen LogP contribution in [0.5, 0.6) is 0 Å². The number of rotatable bonds is 1. The molecular weight excluding hydrogens is 376 g/mol. The van der Waals surface area contributed by atoms with Gasteiger partial charge in [0.2, 0.25) is 0 Å². The van der Waals surface area contributed by atoms with Gasteiger partial charge >= 0.3 is 0 Å². The maximum absolute atomic E-state index is 11.6. The van der Waals surface area contributed by atoms with Crippen molar-refractivity contribution in [2.24, 2.45) is 0 Å². The monoisotopic (exact) mass is 384 g/mol. The van der Waals surface area contributed by atoms with E-state index in [0.29, 0.717) is 16.1 Å². The van der Waals surface area contributed by atoms with Crippen LogP contribution in [0.4, 0.5) is 0 Å². The quantitative estimate of drug-likeness (QED) is 0.642. The van der Waals surface area contributed by atoms with Crippen LogP contribution in [-0.2, 0) is 0 Å². The fourth-order valence-electron chi connectivity index (χ4n) is 1.90. The Bertz CT molecular complexity index is 835. The van der Waals surface area contributed by atoms with Crippen LogP contribution in [0.2, 0.25) is 0 Å². The van der Waals surface area contributed by atoms with Crippen molar-refractivity contribution in [3.63, 3.8) is 0 Å². The topological polar surface area (TPSA) is 59.9 Å². The van der Waals surface area contributed by atoms with Crippen molar-refractivity contribution in [2.75, 3.05) is 0 Å². The Hall–Kier alpha value is -1.40. The lowest BCUT2D eigenvalue weighted by atomic mass is 10.1. The number of halogens is 2. The van der Waals surface area contributed by atoms with Gasteiger partial charge in [0, 0.05) is 11.8 Å². The van der Waals surface area contributed by atoms with E-state index in [9.17, 15) is 9.59 Å². The first kappa shape index (κ1) is 15.7. The molecule has 0 aromatic heterocycles. The molecule has 0 bridgehead atoms. The van der Waals surface area contributed by atoms with E-state index in [0.717, 1.165) is 11.1 Å². The van der Waals surface area contributed by atoms with Crippen LogP contribution < -0.4 is 11.1 Å². The van der Waals surface area contributed by atoms with Gasteiger partial charge in [0.1, 0.15) is 0 Å². The zero-order valence-corrected chi connectivity index (χ0v) is 13.3. The molecule has 3 rings (SSSR count). The first-order valence-electron chi connectivity index (χ1n) is 5.20. The molecular formula is C13H10Br2N2O2. The molecule has 0 unspecified atom stereocenters. The summed E-state index contributed by atoms with van der Waals surface area (Å²) >= 11 is 0. The summed E-state index contributed by atoms with van der Waals surface area (Å²) in [6.45, 7) is 1.97. The number of aromatic nitrogens is 2. The highest BCUT2D eigenvalue weighted by Crippen LogP contribution is 2.17. The third kappa shape index (κ3) is 2.50. The van der Waals surface area contributed by atoms with E-state index in [1.54, 1.807) is 0 Å². The Labute approximate surface area is 129 Å². The highest BCUT2D eigenvalue weighted by atomic mass is 79.9. The van der Waals surface area contributed by atoms with Crippen LogP contribution in [0.3, 0.4) is 0 Å². The van der Waals surface area contributed by atoms with Crippen LogP contribution in [0, 0.1) is 17.4 Å². The molecule has 0 fully saturated rings. The highest BCUT2D eigenvalue weighted by molar-refractivity contribution is 8.93. The van der Waals surface area contributed by atoms with Gasteiger partial charge in [-0.25, -0.2) is 9.97 Å². The maximum Gasteiger partial charge on any atom is 0.280 e. The summed E-state index contributed by atoms with van der Waals surface area (Å²) in [5.41, 5.74) is 1.55. The first-order valence-corrected chi connectivity index (χ1v) is 5.20. The number of benzene rings is 1. The van der Waals surface area contributed by atoms with Crippen molar-refractivity contribution in [1.82, 2.24) is 9.97 Å². The van der Waals surface area contributed by atoms with E-state index in [2.05, 4.69) is 9.97 Å². The Balaban J connectivity index is 0.000000902. The molecule has 1 aromatic carbocycles. The highest BCUT2D eigenvalue weighted by Gasteiger charge is 2.12. The fraction of sp³-hybridized carbons (Fsp3) is 0.0769. The predicted octanol–water partition coefficient (Wildman–Crippen LogP) is 1.93. The molecule has 0 spiro atoms. The second-order valence-corrected chi connectivity index (χ2v) is 3.98. The van der Waals surface area contributed by atoms with Crippen LogP contribution in [0.25, 0.3) is 11.3 Å². The number of hydrogen-bond donors (Lipinski definition) is 0.